The summed E-state index contributed by atoms with van der Waals surface area (Å²) < 4.78 is 0. The number of allylic oxidation sites excluding steroid dienone is 4. The number of hydrogen-bond donors (Lipinski definition) is 2. The smallest absolute Gasteiger partial charge is 0.0431 e. The summed E-state index contributed by atoms with van der Waals surface area (Å²) >= 11 is 0. The van der Waals surface area contributed by atoms with Crippen molar-refractivity contribution in [1.29, 1.82) is 0 Å². The lowest BCUT2D eigenvalue weighted by Crippen LogP contribution is -1.83. The van der Waals surface area contributed by atoms with Crippen LogP contribution in [0.2, 0.25) is 0 Å². The van der Waals surface area contributed by atoms with Gasteiger partial charge in [0.1, 0.15) is 0 Å². The highest BCUT2D eigenvalue weighted by Gasteiger charge is 1.90. The molecule has 2 nitrogen and oxygen atoms in total. The van der Waals surface area contributed by atoms with Crippen molar-refractivity contribution in [3.8, 4) is 0 Å². The molecule has 0 bridgehead atoms. The van der Waals surface area contributed by atoms with Crippen LogP contribution in [-0.2, 0) is 0 Å². The molecule has 2 N–H and O–H groups in total. The first-order valence-electron chi connectivity index (χ1n) is 13.3. The molecule has 0 rings (SSSR count). The average molecular weight is 425 g/mol. The molecule has 0 unspecified atom stereocenters. The Bertz CT molecular complexity index is 291. The molecule has 180 valence electrons. The number of aliphatic hydroxyl groups excluding tert-OH is 2. The second-order valence-corrected chi connectivity index (χ2v) is 8.49. The second-order valence-electron chi connectivity index (χ2n) is 8.49. The van der Waals surface area contributed by atoms with E-state index >= 15 is 0 Å². The van der Waals surface area contributed by atoms with Gasteiger partial charge in [0.2, 0.25) is 0 Å². The minimum Gasteiger partial charge on any atom is -0.396 e. The third kappa shape index (κ3) is 34.9. The first kappa shape index (κ1) is 31.6. The summed E-state index contributed by atoms with van der Waals surface area (Å²) in [6, 6.07) is 0. The lowest BCUT2D eigenvalue weighted by Gasteiger charge is -1.98. The van der Waals surface area contributed by atoms with Crippen LogP contribution in [0, 0.1) is 0 Å². The van der Waals surface area contributed by atoms with Gasteiger partial charge in [-0.15, -0.1) is 0 Å². The van der Waals surface area contributed by atoms with Crippen molar-refractivity contribution >= 4 is 0 Å². The molecule has 0 radical (unpaired) electrons. The molecule has 0 aliphatic carbocycles. The lowest BCUT2D eigenvalue weighted by molar-refractivity contribution is 0.282. The molecule has 0 spiro atoms. The van der Waals surface area contributed by atoms with Gasteiger partial charge in [-0.3, -0.25) is 0 Å². The summed E-state index contributed by atoms with van der Waals surface area (Å²) in [6.07, 6.45) is 34.6. The molecule has 0 aromatic rings. The highest BCUT2D eigenvalue weighted by molar-refractivity contribution is 4.81. The maximum Gasteiger partial charge on any atom is 0.0431 e. The van der Waals surface area contributed by atoms with Crippen molar-refractivity contribution in [3.05, 3.63) is 24.3 Å². The number of hydrogen-bond acceptors (Lipinski definition) is 2. The molecular formula is C28H56O2. The van der Waals surface area contributed by atoms with Crippen LogP contribution in [0.4, 0.5) is 0 Å². The summed E-state index contributed by atoms with van der Waals surface area (Å²) in [5.74, 6) is 0. The third-order valence-corrected chi connectivity index (χ3v) is 5.34. The molecule has 0 aromatic heterocycles. The summed E-state index contributed by atoms with van der Waals surface area (Å²) in [7, 11) is 0. The fourth-order valence-corrected chi connectivity index (χ4v) is 3.28. The standard InChI is InChI=1S/2C14H28O/c2*1-2-3-4-5-6-7-8-9-10-11-12-13-14-15/h2*5-6,15H,2-4,7-14H2,1H3/b2*6-5-. The van der Waals surface area contributed by atoms with Crippen LogP contribution >= 0.6 is 0 Å². The van der Waals surface area contributed by atoms with Gasteiger partial charge in [-0.05, 0) is 51.4 Å². The lowest BCUT2D eigenvalue weighted by atomic mass is 10.1. The van der Waals surface area contributed by atoms with E-state index < -0.39 is 0 Å². The van der Waals surface area contributed by atoms with Gasteiger partial charge >= 0.3 is 0 Å². The van der Waals surface area contributed by atoms with E-state index in [9.17, 15) is 0 Å². The van der Waals surface area contributed by atoms with Gasteiger partial charge < -0.3 is 10.2 Å². The second kappa shape index (κ2) is 33.0. The van der Waals surface area contributed by atoms with E-state index in [1.807, 2.05) is 0 Å². The quantitative estimate of drug-likeness (QED) is 0.134. The zero-order valence-corrected chi connectivity index (χ0v) is 20.8. The van der Waals surface area contributed by atoms with E-state index in [1.165, 1.54) is 116 Å². The van der Waals surface area contributed by atoms with Gasteiger partial charge in [0.25, 0.3) is 0 Å². The van der Waals surface area contributed by atoms with Crippen molar-refractivity contribution in [1.82, 2.24) is 0 Å². The van der Waals surface area contributed by atoms with Crippen molar-refractivity contribution in [2.45, 2.75) is 142 Å². The Balaban J connectivity index is 0. The van der Waals surface area contributed by atoms with Gasteiger partial charge in [0.05, 0.1) is 0 Å². The largest absolute Gasteiger partial charge is 0.396 e. The van der Waals surface area contributed by atoms with E-state index in [0.717, 1.165) is 12.8 Å². The molecule has 0 saturated heterocycles. The zero-order chi connectivity index (χ0) is 22.4. The minimum absolute atomic E-state index is 0.361. The highest BCUT2D eigenvalue weighted by Crippen LogP contribution is 2.08. The fourth-order valence-electron chi connectivity index (χ4n) is 3.28. The van der Waals surface area contributed by atoms with Crippen LogP contribution in [0.5, 0.6) is 0 Å². The molecule has 30 heavy (non-hydrogen) atoms. The monoisotopic (exact) mass is 424 g/mol. The Kier molecular flexibility index (Phi) is 34.8. The average Bonchev–Trinajstić information content (AvgIpc) is 2.76. The molecule has 0 aliphatic rings. The Morgan fingerprint density at radius 2 is 0.633 bits per heavy atom. The van der Waals surface area contributed by atoms with Gasteiger partial charge in [-0.1, -0.05) is 115 Å². The number of rotatable bonds is 22. The first-order chi connectivity index (χ1) is 14.8. The van der Waals surface area contributed by atoms with Crippen LogP contribution in [0.3, 0.4) is 0 Å². The maximum atomic E-state index is 8.60. The van der Waals surface area contributed by atoms with E-state index in [-0.39, 0.29) is 0 Å². The van der Waals surface area contributed by atoms with Crippen LogP contribution < -0.4 is 0 Å². The van der Waals surface area contributed by atoms with Gasteiger partial charge in [0, 0.05) is 13.2 Å². The van der Waals surface area contributed by atoms with Crippen molar-refractivity contribution in [2.75, 3.05) is 13.2 Å². The van der Waals surface area contributed by atoms with Crippen molar-refractivity contribution in [3.63, 3.8) is 0 Å². The molecule has 0 aromatic carbocycles. The molecule has 0 saturated carbocycles. The predicted molar refractivity (Wildman–Crippen MR) is 136 cm³/mol. The summed E-state index contributed by atoms with van der Waals surface area (Å²) in [5, 5.41) is 17.2. The van der Waals surface area contributed by atoms with E-state index in [1.54, 1.807) is 0 Å². The predicted octanol–water partition coefficient (Wildman–Crippen LogP) is 8.91. The molecule has 0 fully saturated rings. The SMILES string of the molecule is CCCC/C=C\CCCCCCCCO.CCCC/C=C\CCCCCCCCO. The summed E-state index contributed by atoms with van der Waals surface area (Å²) in [5.41, 5.74) is 0. The summed E-state index contributed by atoms with van der Waals surface area (Å²) in [4.78, 5) is 0. The number of aliphatic hydroxyl groups is 2. The molecular weight excluding hydrogens is 368 g/mol. The van der Waals surface area contributed by atoms with Crippen LogP contribution in [0.15, 0.2) is 24.3 Å². The zero-order valence-electron chi connectivity index (χ0n) is 20.8. The Hall–Kier alpha value is -0.600. The Morgan fingerprint density at radius 1 is 0.367 bits per heavy atom. The van der Waals surface area contributed by atoms with Gasteiger partial charge in [-0.25, -0.2) is 0 Å². The third-order valence-electron chi connectivity index (χ3n) is 5.34. The topological polar surface area (TPSA) is 40.5 Å². The van der Waals surface area contributed by atoms with Gasteiger partial charge in [-0.2, -0.15) is 0 Å². The molecule has 2 heteroatoms. The van der Waals surface area contributed by atoms with E-state index in [0.29, 0.717) is 13.2 Å². The normalized spacial score (nSPS) is 11.3. The van der Waals surface area contributed by atoms with Gasteiger partial charge in [0.15, 0.2) is 0 Å². The molecule has 0 heterocycles. The highest BCUT2D eigenvalue weighted by atomic mass is 16.3. The Morgan fingerprint density at radius 3 is 0.933 bits per heavy atom. The Labute approximate surface area is 190 Å². The minimum atomic E-state index is 0.361. The first-order valence-corrected chi connectivity index (χ1v) is 13.3. The molecule has 0 amide bonds. The molecule has 0 atom stereocenters. The van der Waals surface area contributed by atoms with Crippen molar-refractivity contribution < 1.29 is 10.2 Å². The summed E-state index contributed by atoms with van der Waals surface area (Å²) in [6.45, 7) is 5.20. The maximum absolute atomic E-state index is 8.60. The van der Waals surface area contributed by atoms with Crippen LogP contribution in [0.1, 0.15) is 142 Å². The number of unbranched alkanes of at least 4 members (excludes halogenated alkanes) is 16. The van der Waals surface area contributed by atoms with Crippen LogP contribution in [0.25, 0.3) is 0 Å². The fraction of sp³-hybridized carbons (Fsp3) is 0.857. The van der Waals surface area contributed by atoms with Crippen LogP contribution in [-0.4, -0.2) is 23.4 Å². The van der Waals surface area contributed by atoms with E-state index in [4.69, 9.17) is 10.2 Å². The van der Waals surface area contributed by atoms with Crippen molar-refractivity contribution in [2.24, 2.45) is 0 Å². The van der Waals surface area contributed by atoms with E-state index in [2.05, 4.69) is 38.2 Å². The molecule has 0 aliphatic heterocycles.